The lowest BCUT2D eigenvalue weighted by molar-refractivity contribution is -0.118. The molecule has 0 unspecified atom stereocenters. The molecule has 0 bridgehead atoms. The van der Waals surface area contributed by atoms with Crippen LogP contribution in [0.1, 0.15) is 6.92 Å². The Labute approximate surface area is 115 Å². The summed E-state index contributed by atoms with van der Waals surface area (Å²) in [4.78, 5) is 9.94. The Morgan fingerprint density at radius 3 is 2.26 bits per heavy atom. The highest BCUT2D eigenvalue weighted by molar-refractivity contribution is 7.91. The van der Waals surface area contributed by atoms with Crippen LogP contribution in [0.2, 0.25) is 0 Å². The van der Waals surface area contributed by atoms with Crippen molar-refractivity contribution in [3.05, 3.63) is 35.7 Å². The molecule has 1 N–H and O–H groups in total. The van der Waals surface area contributed by atoms with Gasteiger partial charge in [-0.15, -0.1) is 5.10 Å². The number of amides is 1. The molecule has 102 valence electrons. The average Bonchev–Trinajstić information content (AvgIpc) is 2.95. The van der Waals surface area contributed by atoms with Gasteiger partial charge in [-0.2, -0.15) is 0 Å². The zero-order valence-corrected chi connectivity index (χ0v) is 12.0. The number of hydrogen-bond donors (Lipinski definition) is 1. The molecule has 0 saturated carbocycles. The van der Waals surface area contributed by atoms with E-state index < -0.39 is 9.84 Å². The fourth-order valence-corrected chi connectivity index (χ4v) is 2.91. The maximum absolute atomic E-state index is 11.8. The van der Waals surface area contributed by atoms with Gasteiger partial charge in [-0.3, -0.25) is 4.79 Å². The lowest BCUT2D eigenvalue weighted by Gasteiger charge is -1.98. The molecule has 1 amide bonds. The maximum Gasteiger partial charge on any atom is 0.226 e. The van der Waals surface area contributed by atoms with Gasteiger partial charge in [0.15, 0.2) is 5.03 Å². The van der Waals surface area contributed by atoms with Gasteiger partial charge >= 0.3 is 0 Å². The van der Waals surface area contributed by atoms with Gasteiger partial charge in [0.1, 0.15) is 0 Å². The largest absolute Gasteiger partial charge is 0.359 e. The van der Waals surface area contributed by atoms with Crippen LogP contribution in [0.15, 0.2) is 45.6 Å². The normalized spacial score (nSPS) is 10.2. The third-order valence-electron chi connectivity index (χ3n) is 2.02. The van der Waals surface area contributed by atoms with Gasteiger partial charge in [0.25, 0.3) is 0 Å². The van der Waals surface area contributed by atoms with E-state index in [0.717, 1.165) is 11.5 Å². The van der Waals surface area contributed by atoms with Crippen LogP contribution in [0.25, 0.3) is 0 Å². The highest BCUT2D eigenvalue weighted by Crippen LogP contribution is 2.18. The number of rotatable bonds is 2. The van der Waals surface area contributed by atoms with Crippen molar-refractivity contribution < 1.29 is 13.2 Å². The van der Waals surface area contributed by atoms with Crippen LogP contribution < -0.4 is 5.32 Å². The molecule has 0 radical (unpaired) electrons. The SMILES string of the molecule is CNC(C)=O.O=S(=O)(c1ccccc1)c1csnn1. The molecule has 0 saturated heterocycles. The fraction of sp³-hybridized carbons (Fsp3) is 0.182. The molecule has 8 heteroatoms. The number of nitrogens with zero attached hydrogens (tertiary/aromatic N) is 2. The predicted octanol–water partition coefficient (Wildman–Crippen LogP) is 1.12. The van der Waals surface area contributed by atoms with E-state index in [4.69, 9.17) is 0 Å². The van der Waals surface area contributed by atoms with E-state index in [0.29, 0.717) is 0 Å². The molecule has 0 spiro atoms. The highest BCUT2D eigenvalue weighted by atomic mass is 32.2. The van der Waals surface area contributed by atoms with E-state index in [2.05, 4.69) is 14.9 Å². The Morgan fingerprint density at radius 1 is 1.26 bits per heavy atom. The molecule has 1 aromatic carbocycles. The van der Waals surface area contributed by atoms with Gasteiger partial charge in [0.2, 0.25) is 15.7 Å². The molecule has 6 nitrogen and oxygen atoms in total. The summed E-state index contributed by atoms with van der Waals surface area (Å²) in [5.74, 6) is 0.00463. The second kappa shape index (κ2) is 6.95. The van der Waals surface area contributed by atoms with Crippen molar-refractivity contribution in [2.75, 3.05) is 7.05 Å². The number of aromatic nitrogens is 2. The molecule has 0 fully saturated rings. The predicted molar refractivity (Wildman–Crippen MR) is 71.5 cm³/mol. The van der Waals surface area contributed by atoms with Crippen LogP contribution in [-0.4, -0.2) is 31.0 Å². The summed E-state index contributed by atoms with van der Waals surface area (Å²) in [6, 6.07) is 8.18. The minimum Gasteiger partial charge on any atom is -0.359 e. The highest BCUT2D eigenvalue weighted by Gasteiger charge is 2.19. The average molecular weight is 299 g/mol. The minimum absolute atomic E-state index is 0.00463. The van der Waals surface area contributed by atoms with E-state index in [9.17, 15) is 13.2 Å². The van der Waals surface area contributed by atoms with Crippen LogP contribution in [0, 0.1) is 0 Å². The number of nitrogens with one attached hydrogen (secondary N) is 1. The zero-order valence-electron chi connectivity index (χ0n) is 10.4. The second-order valence-corrected chi connectivity index (χ2v) is 5.87. The number of carbonyl (C=O) groups excluding carboxylic acids is 1. The van der Waals surface area contributed by atoms with E-state index in [1.807, 2.05) is 0 Å². The van der Waals surface area contributed by atoms with Crippen molar-refractivity contribution in [1.82, 2.24) is 14.9 Å². The molecule has 1 heterocycles. The Hall–Kier alpha value is -1.80. The second-order valence-electron chi connectivity index (χ2n) is 3.37. The molecule has 1 aromatic heterocycles. The van der Waals surface area contributed by atoms with Gasteiger partial charge in [-0.1, -0.05) is 22.7 Å². The first-order valence-electron chi connectivity index (χ1n) is 5.24. The molecule has 2 aromatic rings. The molecular formula is C11H13N3O3S2. The van der Waals surface area contributed by atoms with Gasteiger partial charge in [-0.25, -0.2) is 8.42 Å². The van der Waals surface area contributed by atoms with Crippen molar-refractivity contribution >= 4 is 27.3 Å². The molecule has 19 heavy (non-hydrogen) atoms. The summed E-state index contributed by atoms with van der Waals surface area (Å²) in [7, 11) is -1.86. The van der Waals surface area contributed by atoms with Crippen LogP contribution in [0.4, 0.5) is 0 Å². The Balaban J connectivity index is 0.000000312. The van der Waals surface area contributed by atoms with Crippen molar-refractivity contribution in [2.24, 2.45) is 0 Å². The molecule has 0 aliphatic carbocycles. The van der Waals surface area contributed by atoms with E-state index in [1.165, 1.54) is 24.4 Å². The van der Waals surface area contributed by atoms with Gasteiger partial charge < -0.3 is 5.32 Å². The van der Waals surface area contributed by atoms with Gasteiger partial charge in [0, 0.05) is 14.0 Å². The van der Waals surface area contributed by atoms with Crippen LogP contribution >= 0.6 is 11.5 Å². The van der Waals surface area contributed by atoms with E-state index in [1.54, 1.807) is 25.2 Å². The molecule has 0 aliphatic heterocycles. The van der Waals surface area contributed by atoms with Crippen molar-refractivity contribution in [3.63, 3.8) is 0 Å². The lowest BCUT2D eigenvalue weighted by Crippen LogP contribution is -2.11. The van der Waals surface area contributed by atoms with Crippen molar-refractivity contribution in [2.45, 2.75) is 16.8 Å². The third kappa shape index (κ3) is 4.42. The van der Waals surface area contributed by atoms with E-state index >= 15 is 0 Å². The molecule has 2 rings (SSSR count). The van der Waals surface area contributed by atoms with Crippen molar-refractivity contribution in [3.8, 4) is 0 Å². The smallest absolute Gasteiger partial charge is 0.226 e. The van der Waals surface area contributed by atoms with E-state index in [-0.39, 0.29) is 15.8 Å². The summed E-state index contributed by atoms with van der Waals surface area (Å²) in [6.45, 7) is 1.47. The first-order valence-corrected chi connectivity index (χ1v) is 7.56. The van der Waals surface area contributed by atoms with Gasteiger partial charge in [0.05, 0.1) is 10.3 Å². The Morgan fingerprint density at radius 2 is 1.84 bits per heavy atom. The summed E-state index contributed by atoms with van der Waals surface area (Å²) in [5.41, 5.74) is 0. The maximum atomic E-state index is 11.8. The summed E-state index contributed by atoms with van der Waals surface area (Å²) in [5, 5.41) is 7.36. The number of hydrogen-bond acceptors (Lipinski definition) is 6. The number of benzene rings is 1. The van der Waals surface area contributed by atoms with Crippen LogP contribution in [-0.2, 0) is 14.6 Å². The lowest BCUT2D eigenvalue weighted by atomic mass is 10.4. The topological polar surface area (TPSA) is 89.0 Å². The Kier molecular flexibility index (Phi) is 5.58. The minimum atomic E-state index is -3.46. The number of carbonyl (C=O) groups is 1. The van der Waals surface area contributed by atoms with Crippen LogP contribution in [0.3, 0.4) is 0 Å². The monoisotopic (exact) mass is 299 g/mol. The standard InChI is InChI=1S/C8H6N2O2S2.C3H7NO/c11-14(12,8-6-13-10-9-8)7-4-2-1-3-5-7;1-3(5)4-2/h1-6H;1-2H3,(H,4,5). The Bertz CT molecular complexity index is 610. The summed E-state index contributed by atoms with van der Waals surface area (Å²) >= 11 is 1.02. The quantitative estimate of drug-likeness (QED) is 0.897. The van der Waals surface area contributed by atoms with Crippen LogP contribution in [0.5, 0.6) is 0 Å². The summed E-state index contributed by atoms with van der Waals surface area (Å²) in [6.07, 6.45) is 0. The van der Waals surface area contributed by atoms with Crippen molar-refractivity contribution in [1.29, 1.82) is 0 Å². The fourth-order valence-electron chi connectivity index (χ4n) is 0.994. The molecule has 0 atom stereocenters. The molecule has 0 aliphatic rings. The first-order chi connectivity index (χ1) is 8.98. The van der Waals surface area contributed by atoms with Gasteiger partial charge in [-0.05, 0) is 23.7 Å². The third-order valence-corrected chi connectivity index (χ3v) is 4.32. The summed E-state index contributed by atoms with van der Waals surface area (Å²) < 4.78 is 27.1. The zero-order chi connectivity index (χ0) is 14.3. The number of sulfone groups is 1. The molecular weight excluding hydrogens is 286 g/mol. The first kappa shape index (κ1) is 15.3.